The summed E-state index contributed by atoms with van der Waals surface area (Å²) in [6.45, 7) is 5.41. The van der Waals surface area contributed by atoms with Crippen molar-refractivity contribution in [1.29, 1.82) is 0 Å². The van der Waals surface area contributed by atoms with E-state index >= 15 is 0 Å². The van der Waals surface area contributed by atoms with Crippen molar-refractivity contribution in [3.63, 3.8) is 0 Å². The van der Waals surface area contributed by atoms with E-state index in [-0.39, 0.29) is 5.76 Å². The molecule has 7 heteroatoms. The molecule has 0 aliphatic carbocycles. The molecule has 118 valence electrons. The highest BCUT2D eigenvalue weighted by Crippen LogP contribution is 2.14. The monoisotopic (exact) mass is 304 g/mol. The first kappa shape index (κ1) is 14.8. The molecule has 0 unspecified atom stereocenters. The maximum Gasteiger partial charge on any atom is 0.374 e. The number of esters is 1. The minimum atomic E-state index is -0.422. The lowest BCUT2D eigenvalue weighted by molar-refractivity contribution is 0.0487. The van der Waals surface area contributed by atoms with Gasteiger partial charge in [-0.3, -0.25) is 0 Å². The first-order valence-corrected chi connectivity index (χ1v) is 7.55. The van der Waals surface area contributed by atoms with Gasteiger partial charge in [-0.2, -0.15) is 5.10 Å². The Balaban J connectivity index is 1.54. The summed E-state index contributed by atoms with van der Waals surface area (Å²) in [7, 11) is 0. The largest absolute Gasteiger partial charge is 0.460 e. The normalized spacial score (nSPS) is 17.3. The molecular weight excluding hydrogens is 284 g/mol. The zero-order chi connectivity index (χ0) is 15.5. The molecule has 3 heterocycles. The SMILES string of the molecule is CCOC(=O)c1ccc(CN[C@@H]2CCc3nc(C)nn3C2)o1. The van der Waals surface area contributed by atoms with Crippen LogP contribution in [0.5, 0.6) is 0 Å². The van der Waals surface area contributed by atoms with Gasteiger partial charge in [0.25, 0.3) is 0 Å². The summed E-state index contributed by atoms with van der Waals surface area (Å²) < 4.78 is 12.4. The maximum atomic E-state index is 11.5. The van der Waals surface area contributed by atoms with Gasteiger partial charge in [-0.15, -0.1) is 0 Å². The van der Waals surface area contributed by atoms with Crippen LogP contribution in [-0.2, 0) is 24.2 Å². The van der Waals surface area contributed by atoms with Crippen molar-refractivity contribution in [2.75, 3.05) is 6.61 Å². The highest BCUT2D eigenvalue weighted by atomic mass is 16.5. The molecule has 7 nitrogen and oxygen atoms in total. The maximum absolute atomic E-state index is 11.5. The molecule has 0 spiro atoms. The van der Waals surface area contributed by atoms with Gasteiger partial charge in [0.05, 0.1) is 19.7 Å². The Hall–Kier alpha value is -2.15. The molecule has 0 saturated carbocycles. The van der Waals surface area contributed by atoms with Crippen LogP contribution in [0.1, 0.15) is 41.3 Å². The average molecular weight is 304 g/mol. The summed E-state index contributed by atoms with van der Waals surface area (Å²) in [6, 6.07) is 3.77. The Morgan fingerprint density at radius 3 is 3.23 bits per heavy atom. The molecule has 2 aromatic heterocycles. The van der Waals surface area contributed by atoms with Crippen LogP contribution >= 0.6 is 0 Å². The van der Waals surface area contributed by atoms with Crippen molar-refractivity contribution >= 4 is 5.97 Å². The molecule has 3 rings (SSSR count). The third kappa shape index (κ3) is 3.19. The van der Waals surface area contributed by atoms with Gasteiger partial charge >= 0.3 is 5.97 Å². The van der Waals surface area contributed by atoms with E-state index in [4.69, 9.17) is 9.15 Å². The second-order valence-electron chi connectivity index (χ2n) is 5.36. The lowest BCUT2D eigenvalue weighted by Crippen LogP contribution is -2.37. The molecule has 1 aliphatic heterocycles. The number of nitrogens with zero attached hydrogens (tertiary/aromatic N) is 3. The molecule has 2 aromatic rings. The van der Waals surface area contributed by atoms with E-state index < -0.39 is 5.97 Å². The minimum absolute atomic E-state index is 0.247. The molecule has 0 saturated heterocycles. The van der Waals surface area contributed by atoms with Crippen molar-refractivity contribution in [2.24, 2.45) is 0 Å². The number of rotatable bonds is 5. The lowest BCUT2D eigenvalue weighted by Gasteiger charge is -2.23. The predicted octanol–water partition coefficient (Wildman–Crippen LogP) is 1.46. The van der Waals surface area contributed by atoms with Crippen molar-refractivity contribution in [3.05, 3.63) is 35.3 Å². The average Bonchev–Trinajstić information content (AvgIpc) is 3.10. The van der Waals surface area contributed by atoms with Gasteiger partial charge in [-0.25, -0.2) is 14.5 Å². The molecule has 0 fully saturated rings. The van der Waals surface area contributed by atoms with Crippen LogP contribution in [0.4, 0.5) is 0 Å². The molecule has 0 aromatic carbocycles. The van der Waals surface area contributed by atoms with E-state index in [1.54, 1.807) is 19.1 Å². The van der Waals surface area contributed by atoms with Crippen LogP contribution in [0.25, 0.3) is 0 Å². The summed E-state index contributed by atoms with van der Waals surface area (Å²) in [5.74, 6) is 2.42. The summed E-state index contributed by atoms with van der Waals surface area (Å²) in [4.78, 5) is 15.9. The van der Waals surface area contributed by atoms with Gasteiger partial charge in [0, 0.05) is 12.5 Å². The Bertz CT molecular complexity index is 662. The molecular formula is C15H20N4O3. The molecule has 1 aliphatic rings. The molecule has 22 heavy (non-hydrogen) atoms. The van der Waals surface area contributed by atoms with E-state index in [9.17, 15) is 4.79 Å². The quantitative estimate of drug-likeness (QED) is 0.842. The molecule has 1 N–H and O–H groups in total. The number of nitrogens with one attached hydrogen (secondary N) is 1. The zero-order valence-corrected chi connectivity index (χ0v) is 12.8. The van der Waals surface area contributed by atoms with E-state index in [2.05, 4.69) is 15.4 Å². The fourth-order valence-corrected chi connectivity index (χ4v) is 2.63. The molecule has 0 radical (unpaired) electrons. The summed E-state index contributed by atoms with van der Waals surface area (Å²) in [6.07, 6.45) is 1.94. The second-order valence-corrected chi connectivity index (χ2v) is 5.36. The smallest absolute Gasteiger partial charge is 0.374 e. The summed E-state index contributed by atoms with van der Waals surface area (Å²) >= 11 is 0. The van der Waals surface area contributed by atoms with Gasteiger partial charge in [0.2, 0.25) is 5.76 Å². The number of hydrogen-bond donors (Lipinski definition) is 1. The molecule has 1 atom stereocenters. The van der Waals surface area contributed by atoms with Gasteiger partial charge in [0.1, 0.15) is 17.4 Å². The van der Waals surface area contributed by atoms with E-state index in [0.717, 1.165) is 36.8 Å². The van der Waals surface area contributed by atoms with Crippen LogP contribution < -0.4 is 5.32 Å². The Labute approximate surface area is 128 Å². The van der Waals surface area contributed by atoms with Gasteiger partial charge in [-0.05, 0) is 32.4 Å². The topological polar surface area (TPSA) is 82.2 Å². The van der Waals surface area contributed by atoms with Crippen LogP contribution in [0.3, 0.4) is 0 Å². The highest BCUT2D eigenvalue weighted by molar-refractivity contribution is 5.86. The van der Waals surface area contributed by atoms with E-state index in [0.29, 0.717) is 19.2 Å². The number of aryl methyl sites for hydroxylation is 2. The van der Waals surface area contributed by atoms with Crippen LogP contribution in [-0.4, -0.2) is 33.4 Å². The first-order chi connectivity index (χ1) is 10.7. The second kappa shape index (κ2) is 6.31. The minimum Gasteiger partial charge on any atom is -0.460 e. The number of hydrogen-bond acceptors (Lipinski definition) is 6. The first-order valence-electron chi connectivity index (χ1n) is 7.55. The van der Waals surface area contributed by atoms with Crippen molar-refractivity contribution in [3.8, 4) is 0 Å². The van der Waals surface area contributed by atoms with Gasteiger partial charge in [-0.1, -0.05) is 0 Å². The van der Waals surface area contributed by atoms with Crippen LogP contribution in [0.2, 0.25) is 0 Å². The van der Waals surface area contributed by atoms with E-state index in [1.807, 2.05) is 11.6 Å². The number of carbonyl (C=O) groups is 1. The lowest BCUT2D eigenvalue weighted by atomic mass is 10.1. The van der Waals surface area contributed by atoms with Crippen LogP contribution in [0, 0.1) is 6.92 Å². The van der Waals surface area contributed by atoms with Gasteiger partial charge in [0.15, 0.2) is 0 Å². The van der Waals surface area contributed by atoms with Crippen molar-refractivity contribution in [1.82, 2.24) is 20.1 Å². The number of carbonyl (C=O) groups excluding carboxylic acids is 1. The van der Waals surface area contributed by atoms with E-state index in [1.165, 1.54) is 0 Å². The van der Waals surface area contributed by atoms with Crippen molar-refractivity contribution in [2.45, 2.75) is 45.8 Å². The Kier molecular flexibility index (Phi) is 4.24. The fraction of sp³-hybridized carbons (Fsp3) is 0.533. The van der Waals surface area contributed by atoms with Crippen molar-refractivity contribution < 1.29 is 13.9 Å². The fourth-order valence-electron chi connectivity index (χ4n) is 2.63. The number of aromatic nitrogens is 3. The number of ether oxygens (including phenoxy) is 1. The predicted molar refractivity (Wildman–Crippen MR) is 78.4 cm³/mol. The molecule has 0 bridgehead atoms. The number of furan rings is 1. The highest BCUT2D eigenvalue weighted by Gasteiger charge is 2.21. The zero-order valence-electron chi connectivity index (χ0n) is 12.8. The third-order valence-corrected chi connectivity index (χ3v) is 3.67. The molecule has 0 amide bonds. The van der Waals surface area contributed by atoms with Gasteiger partial charge < -0.3 is 14.5 Å². The Morgan fingerprint density at radius 2 is 2.41 bits per heavy atom. The Morgan fingerprint density at radius 1 is 1.55 bits per heavy atom. The third-order valence-electron chi connectivity index (χ3n) is 3.67. The summed E-state index contributed by atoms with van der Waals surface area (Å²) in [5.41, 5.74) is 0. The standard InChI is InChI=1S/C15H20N4O3/c1-3-21-15(20)13-6-5-12(22-13)8-16-11-4-7-14-17-10(2)18-19(14)9-11/h5-6,11,16H,3-4,7-9H2,1-2H3/t11-/m1/s1. The number of fused-ring (bicyclic) bond motifs is 1. The van der Waals surface area contributed by atoms with Crippen LogP contribution in [0.15, 0.2) is 16.5 Å². The summed E-state index contributed by atoms with van der Waals surface area (Å²) in [5, 5.41) is 7.82.